The van der Waals surface area contributed by atoms with Gasteiger partial charge in [0.05, 0.1) is 17.0 Å². The largest absolute Gasteiger partial charge is 0.332 e. The van der Waals surface area contributed by atoms with E-state index in [4.69, 9.17) is 5.73 Å². The Balaban J connectivity index is 1.82. The van der Waals surface area contributed by atoms with E-state index in [-0.39, 0.29) is 17.4 Å². The molecule has 4 nitrogen and oxygen atoms in total. The van der Waals surface area contributed by atoms with E-state index in [2.05, 4.69) is 17.1 Å². The average Bonchev–Trinajstić information content (AvgIpc) is 3.22. The van der Waals surface area contributed by atoms with Gasteiger partial charge in [0.2, 0.25) is 5.91 Å². The number of rotatable bonds is 3. The van der Waals surface area contributed by atoms with Crippen molar-refractivity contribution in [3.8, 4) is 10.4 Å². The average molecular weight is 343 g/mol. The molecule has 1 aliphatic heterocycles. The lowest BCUT2D eigenvalue weighted by atomic mass is 9.86. The molecule has 1 aromatic carbocycles. The molecular weight excluding hydrogens is 318 g/mol. The fourth-order valence-electron chi connectivity index (χ4n) is 3.01. The number of amides is 1. The van der Waals surface area contributed by atoms with E-state index >= 15 is 0 Å². The predicted molar refractivity (Wildman–Crippen MR) is 98.7 cm³/mol. The van der Waals surface area contributed by atoms with E-state index < -0.39 is 6.04 Å². The van der Waals surface area contributed by atoms with Crippen molar-refractivity contribution >= 4 is 17.2 Å². The van der Waals surface area contributed by atoms with Crippen molar-refractivity contribution < 1.29 is 4.79 Å². The number of carbonyl (C=O) groups is 1. The van der Waals surface area contributed by atoms with Crippen molar-refractivity contribution in [2.45, 2.75) is 45.7 Å². The highest BCUT2D eigenvalue weighted by Crippen LogP contribution is 2.38. The third-order valence-corrected chi connectivity index (χ3v) is 5.75. The van der Waals surface area contributed by atoms with Crippen LogP contribution in [-0.4, -0.2) is 28.4 Å². The van der Waals surface area contributed by atoms with Crippen molar-refractivity contribution in [3.63, 3.8) is 0 Å². The Hall–Kier alpha value is -1.72. The van der Waals surface area contributed by atoms with Crippen molar-refractivity contribution in [2.75, 3.05) is 6.54 Å². The Labute approximate surface area is 147 Å². The Bertz CT molecular complexity index is 705. The monoisotopic (exact) mass is 343 g/mol. The Morgan fingerprint density at radius 3 is 2.71 bits per heavy atom. The summed E-state index contributed by atoms with van der Waals surface area (Å²) in [6, 6.07) is 9.83. The summed E-state index contributed by atoms with van der Waals surface area (Å²) >= 11 is 1.68. The van der Waals surface area contributed by atoms with Crippen LogP contribution in [0.1, 0.15) is 44.7 Å². The normalized spacial score (nSPS) is 19.5. The van der Waals surface area contributed by atoms with Crippen LogP contribution >= 0.6 is 11.3 Å². The van der Waals surface area contributed by atoms with Crippen LogP contribution < -0.4 is 5.73 Å². The van der Waals surface area contributed by atoms with Gasteiger partial charge in [-0.1, -0.05) is 51.1 Å². The minimum absolute atomic E-state index is 0.0430. The number of hydrogen-bond donors (Lipinski definition) is 1. The molecule has 0 aliphatic carbocycles. The van der Waals surface area contributed by atoms with E-state index in [0.29, 0.717) is 0 Å². The van der Waals surface area contributed by atoms with Gasteiger partial charge >= 0.3 is 0 Å². The maximum absolute atomic E-state index is 12.8. The summed E-state index contributed by atoms with van der Waals surface area (Å²) in [4.78, 5) is 20.5. The molecule has 1 saturated heterocycles. The van der Waals surface area contributed by atoms with Gasteiger partial charge in [0, 0.05) is 12.7 Å². The van der Waals surface area contributed by atoms with Crippen LogP contribution in [0.15, 0.2) is 36.5 Å². The molecule has 0 radical (unpaired) electrons. The summed E-state index contributed by atoms with van der Waals surface area (Å²) in [7, 11) is 0. The Morgan fingerprint density at radius 2 is 2.04 bits per heavy atom. The van der Waals surface area contributed by atoms with Gasteiger partial charge < -0.3 is 10.6 Å². The predicted octanol–water partition coefficient (Wildman–Crippen LogP) is 3.85. The maximum Gasteiger partial charge on any atom is 0.240 e. The van der Waals surface area contributed by atoms with Crippen LogP contribution in [0, 0.1) is 5.41 Å². The molecule has 3 rings (SSSR count). The molecule has 1 aliphatic rings. The zero-order valence-electron chi connectivity index (χ0n) is 14.5. The topological polar surface area (TPSA) is 59.2 Å². The molecule has 1 amide bonds. The fraction of sp³-hybridized carbons (Fsp3) is 0.474. The molecule has 2 aromatic rings. The third kappa shape index (κ3) is 3.37. The smallest absolute Gasteiger partial charge is 0.240 e. The molecule has 0 unspecified atom stereocenters. The van der Waals surface area contributed by atoms with Crippen LogP contribution in [0.3, 0.4) is 0 Å². The lowest BCUT2D eigenvalue weighted by Crippen LogP contribution is -2.50. The minimum Gasteiger partial charge on any atom is -0.332 e. The molecule has 2 heterocycles. The van der Waals surface area contributed by atoms with E-state index in [1.807, 2.05) is 50.1 Å². The molecule has 5 heteroatoms. The minimum atomic E-state index is -0.480. The molecular formula is C19H25N3OS. The van der Waals surface area contributed by atoms with Gasteiger partial charge in [-0.25, -0.2) is 4.98 Å². The number of benzene rings is 1. The number of carbonyl (C=O) groups excluding carboxylic acids is 1. The second-order valence-corrected chi connectivity index (χ2v) is 8.52. The van der Waals surface area contributed by atoms with Gasteiger partial charge in [-0.3, -0.25) is 4.79 Å². The van der Waals surface area contributed by atoms with Crippen molar-refractivity contribution in [1.29, 1.82) is 0 Å². The maximum atomic E-state index is 12.8. The highest BCUT2D eigenvalue weighted by atomic mass is 32.1. The Morgan fingerprint density at radius 1 is 1.33 bits per heavy atom. The number of hydrogen-bond acceptors (Lipinski definition) is 4. The van der Waals surface area contributed by atoms with E-state index in [0.717, 1.165) is 29.3 Å². The summed E-state index contributed by atoms with van der Waals surface area (Å²) in [5.74, 6) is 0.0430. The van der Waals surface area contributed by atoms with Crippen LogP contribution in [0.5, 0.6) is 0 Å². The zero-order chi connectivity index (χ0) is 17.3. The summed E-state index contributed by atoms with van der Waals surface area (Å²) in [5, 5.41) is 1.01. The first kappa shape index (κ1) is 17.1. The molecule has 0 saturated carbocycles. The number of nitrogens with zero attached hydrogens (tertiary/aromatic N) is 2. The van der Waals surface area contributed by atoms with Crippen molar-refractivity contribution in [3.05, 3.63) is 41.5 Å². The highest BCUT2D eigenvalue weighted by Gasteiger charge is 2.38. The quantitative estimate of drug-likeness (QED) is 0.921. The third-order valence-electron chi connectivity index (χ3n) is 4.60. The number of aromatic nitrogens is 1. The zero-order valence-corrected chi connectivity index (χ0v) is 15.3. The number of likely N-dealkylation sites (tertiary alicyclic amines) is 1. The van der Waals surface area contributed by atoms with E-state index in [1.165, 1.54) is 5.56 Å². The van der Waals surface area contributed by atoms with Crippen molar-refractivity contribution in [1.82, 2.24) is 9.88 Å². The number of thiazole rings is 1. The summed E-state index contributed by atoms with van der Waals surface area (Å²) in [5.41, 5.74) is 7.14. The molecule has 2 atom stereocenters. The standard InChI is InChI=1S/C19H25N3OS/c1-19(2,3)16(20)18(23)22-11-7-10-14(22)17-21-12-15(24-17)13-8-5-4-6-9-13/h4-6,8-9,12,14,16H,7,10-11,20H2,1-3H3/t14-,16+/m0/s1. The van der Waals surface area contributed by atoms with Gasteiger partial charge in [0.1, 0.15) is 5.01 Å². The van der Waals surface area contributed by atoms with E-state index in [1.54, 1.807) is 11.3 Å². The molecule has 1 aromatic heterocycles. The van der Waals surface area contributed by atoms with Gasteiger partial charge in [0.15, 0.2) is 0 Å². The second-order valence-electron chi connectivity index (χ2n) is 7.46. The van der Waals surface area contributed by atoms with Gasteiger partial charge in [0.25, 0.3) is 0 Å². The molecule has 24 heavy (non-hydrogen) atoms. The van der Waals surface area contributed by atoms with E-state index in [9.17, 15) is 4.79 Å². The highest BCUT2D eigenvalue weighted by molar-refractivity contribution is 7.15. The molecule has 128 valence electrons. The fourth-order valence-corrected chi connectivity index (χ4v) is 4.09. The first-order chi connectivity index (χ1) is 11.4. The summed E-state index contributed by atoms with van der Waals surface area (Å²) in [6.45, 7) is 6.81. The molecule has 0 bridgehead atoms. The number of nitrogens with two attached hydrogens (primary N) is 1. The lowest BCUT2D eigenvalue weighted by Gasteiger charge is -2.32. The van der Waals surface area contributed by atoms with Gasteiger partial charge in [-0.05, 0) is 23.8 Å². The molecule has 0 spiro atoms. The second kappa shape index (κ2) is 6.65. The van der Waals surface area contributed by atoms with Gasteiger partial charge in [-0.15, -0.1) is 11.3 Å². The SMILES string of the molecule is CC(C)(C)[C@H](N)C(=O)N1CCC[C@H]1c1ncc(-c2ccccc2)s1. The first-order valence-electron chi connectivity index (χ1n) is 8.45. The van der Waals surface area contributed by atoms with Crippen LogP contribution in [0.2, 0.25) is 0 Å². The van der Waals surface area contributed by atoms with Crippen molar-refractivity contribution in [2.24, 2.45) is 11.1 Å². The summed E-state index contributed by atoms with van der Waals surface area (Å²) in [6.07, 6.45) is 3.89. The van der Waals surface area contributed by atoms with Gasteiger partial charge in [-0.2, -0.15) is 0 Å². The molecule has 1 fully saturated rings. The molecule has 2 N–H and O–H groups in total. The Kier molecular flexibility index (Phi) is 4.74. The van der Waals surface area contributed by atoms with Crippen LogP contribution in [0.25, 0.3) is 10.4 Å². The van der Waals surface area contributed by atoms with Crippen LogP contribution in [-0.2, 0) is 4.79 Å². The van der Waals surface area contributed by atoms with Crippen LogP contribution in [0.4, 0.5) is 0 Å². The lowest BCUT2D eigenvalue weighted by molar-refractivity contribution is -0.135. The first-order valence-corrected chi connectivity index (χ1v) is 9.27. The summed E-state index contributed by atoms with van der Waals surface area (Å²) < 4.78 is 0.